The largest absolute Gasteiger partial charge is 0.103 e. The normalized spacial score (nSPS) is 12.8. The van der Waals surface area contributed by atoms with E-state index in [2.05, 4.69) is 45.6 Å². The topological polar surface area (TPSA) is 0 Å². The van der Waals surface area contributed by atoms with Crippen molar-refractivity contribution in [1.29, 1.82) is 0 Å². The summed E-state index contributed by atoms with van der Waals surface area (Å²) in [5, 5.41) is 0. The Morgan fingerprint density at radius 1 is 1.42 bits per heavy atom. The Bertz CT molecular complexity index is 170. The maximum atomic E-state index is 3.70. The van der Waals surface area contributed by atoms with Crippen molar-refractivity contribution in [1.82, 2.24) is 0 Å². The van der Waals surface area contributed by atoms with Crippen LogP contribution in [0.25, 0.3) is 0 Å². The molecule has 0 unspecified atom stereocenters. The first-order chi connectivity index (χ1) is 5.72. The van der Waals surface area contributed by atoms with E-state index in [9.17, 15) is 0 Å². The highest BCUT2D eigenvalue weighted by molar-refractivity contribution is 5.21. The first kappa shape index (κ1) is 11.2. The van der Waals surface area contributed by atoms with Gasteiger partial charge in [0.15, 0.2) is 0 Å². The van der Waals surface area contributed by atoms with Crippen molar-refractivity contribution in [3.8, 4) is 0 Å². The summed E-state index contributed by atoms with van der Waals surface area (Å²) < 4.78 is 0. The summed E-state index contributed by atoms with van der Waals surface area (Å²) in [6, 6.07) is 0. The van der Waals surface area contributed by atoms with E-state index in [1.807, 2.05) is 6.08 Å². The Balaban J connectivity index is 4.21. The quantitative estimate of drug-likeness (QED) is 0.423. The van der Waals surface area contributed by atoms with Crippen molar-refractivity contribution in [2.24, 2.45) is 5.92 Å². The molecule has 0 aliphatic heterocycles. The molecular formula is C12H20. The minimum atomic E-state index is 0.618. The van der Waals surface area contributed by atoms with Gasteiger partial charge in [0.1, 0.15) is 0 Å². The second-order valence-corrected chi connectivity index (χ2v) is 3.19. The molecule has 0 bridgehead atoms. The molecule has 0 amide bonds. The second kappa shape index (κ2) is 6.90. The molecule has 0 aromatic rings. The van der Waals surface area contributed by atoms with E-state index in [4.69, 9.17) is 0 Å². The van der Waals surface area contributed by atoms with Crippen LogP contribution < -0.4 is 0 Å². The van der Waals surface area contributed by atoms with Gasteiger partial charge in [0.05, 0.1) is 0 Å². The Morgan fingerprint density at radius 2 is 2.08 bits per heavy atom. The fraction of sp³-hybridized carbons (Fsp3) is 0.500. The molecule has 0 rings (SSSR count). The molecule has 0 N–H and O–H groups in total. The maximum absolute atomic E-state index is 3.70. The highest BCUT2D eigenvalue weighted by atomic mass is 14.0. The van der Waals surface area contributed by atoms with Crippen LogP contribution in [0.2, 0.25) is 0 Å². The lowest BCUT2D eigenvalue weighted by atomic mass is 10.0. The van der Waals surface area contributed by atoms with Crippen molar-refractivity contribution < 1.29 is 0 Å². The first-order valence-corrected chi connectivity index (χ1v) is 4.69. The van der Waals surface area contributed by atoms with Crippen molar-refractivity contribution in [3.05, 3.63) is 36.5 Å². The van der Waals surface area contributed by atoms with Crippen LogP contribution in [0.1, 0.15) is 33.6 Å². The molecule has 0 radical (unpaired) electrons. The molecular weight excluding hydrogens is 144 g/mol. The van der Waals surface area contributed by atoms with Crippen LogP contribution in [0, 0.1) is 5.92 Å². The molecule has 0 nitrogen and oxygen atoms in total. The molecule has 0 aliphatic carbocycles. The van der Waals surface area contributed by atoms with E-state index in [0.717, 1.165) is 12.8 Å². The summed E-state index contributed by atoms with van der Waals surface area (Å²) in [5.74, 6) is 0.618. The van der Waals surface area contributed by atoms with Gasteiger partial charge in [0, 0.05) is 0 Å². The van der Waals surface area contributed by atoms with Gasteiger partial charge < -0.3 is 0 Å². The van der Waals surface area contributed by atoms with Crippen molar-refractivity contribution in [2.45, 2.75) is 33.6 Å². The summed E-state index contributed by atoms with van der Waals surface area (Å²) in [4.78, 5) is 0. The molecule has 0 fully saturated rings. The van der Waals surface area contributed by atoms with Gasteiger partial charge in [-0.1, -0.05) is 45.1 Å². The molecule has 0 aromatic heterocycles. The molecule has 0 saturated carbocycles. The molecule has 0 spiro atoms. The lowest BCUT2D eigenvalue weighted by Crippen LogP contribution is -1.89. The standard InChI is InChI=1S/C12H20/c1-5-7-9-12(11(3)4)10-8-6-2/h5,8-11H,1,6-7H2,2-4H3. The summed E-state index contributed by atoms with van der Waals surface area (Å²) in [7, 11) is 0. The zero-order chi connectivity index (χ0) is 9.40. The van der Waals surface area contributed by atoms with Crippen LogP contribution in [0.15, 0.2) is 36.5 Å². The number of hydrogen-bond acceptors (Lipinski definition) is 0. The maximum Gasteiger partial charge on any atom is -0.0166 e. The van der Waals surface area contributed by atoms with Gasteiger partial charge in [-0.2, -0.15) is 0 Å². The smallest absolute Gasteiger partial charge is 0.0166 e. The Hall–Kier alpha value is -0.780. The fourth-order valence-electron chi connectivity index (χ4n) is 0.970. The summed E-state index contributed by atoms with van der Waals surface area (Å²) in [6.07, 6.45) is 10.7. The third kappa shape index (κ3) is 4.95. The summed E-state index contributed by atoms with van der Waals surface area (Å²) in [6.45, 7) is 10.3. The van der Waals surface area contributed by atoms with Crippen molar-refractivity contribution in [2.75, 3.05) is 0 Å². The highest BCUT2D eigenvalue weighted by Crippen LogP contribution is 2.12. The first-order valence-electron chi connectivity index (χ1n) is 4.69. The molecule has 0 heterocycles. The summed E-state index contributed by atoms with van der Waals surface area (Å²) in [5.41, 5.74) is 1.41. The van der Waals surface area contributed by atoms with Gasteiger partial charge in [-0.3, -0.25) is 0 Å². The van der Waals surface area contributed by atoms with E-state index in [0.29, 0.717) is 5.92 Å². The summed E-state index contributed by atoms with van der Waals surface area (Å²) >= 11 is 0. The second-order valence-electron chi connectivity index (χ2n) is 3.19. The van der Waals surface area contributed by atoms with Gasteiger partial charge >= 0.3 is 0 Å². The van der Waals surface area contributed by atoms with E-state index < -0.39 is 0 Å². The predicted octanol–water partition coefficient (Wildman–Crippen LogP) is 4.11. The van der Waals surface area contributed by atoms with Gasteiger partial charge in [-0.25, -0.2) is 0 Å². The van der Waals surface area contributed by atoms with Crippen molar-refractivity contribution in [3.63, 3.8) is 0 Å². The van der Waals surface area contributed by atoms with E-state index >= 15 is 0 Å². The minimum Gasteiger partial charge on any atom is -0.103 e. The third-order valence-electron chi connectivity index (χ3n) is 1.73. The molecule has 0 aliphatic rings. The van der Waals surface area contributed by atoms with Crippen LogP contribution in [-0.4, -0.2) is 0 Å². The highest BCUT2D eigenvalue weighted by Gasteiger charge is 1.96. The van der Waals surface area contributed by atoms with Crippen LogP contribution in [0.5, 0.6) is 0 Å². The molecule has 0 atom stereocenters. The predicted molar refractivity (Wildman–Crippen MR) is 57.2 cm³/mol. The van der Waals surface area contributed by atoms with Gasteiger partial charge in [0.2, 0.25) is 0 Å². The fourth-order valence-corrected chi connectivity index (χ4v) is 0.970. The Kier molecular flexibility index (Phi) is 6.45. The van der Waals surface area contributed by atoms with Gasteiger partial charge in [-0.15, -0.1) is 6.58 Å². The Morgan fingerprint density at radius 3 is 2.50 bits per heavy atom. The molecule has 0 saturated heterocycles. The van der Waals surface area contributed by atoms with Crippen LogP contribution in [-0.2, 0) is 0 Å². The van der Waals surface area contributed by atoms with Gasteiger partial charge in [-0.05, 0) is 24.3 Å². The van der Waals surface area contributed by atoms with Crippen LogP contribution in [0.3, 0.4) is 0 Å². The average molecular weight is 164 g/mol. The number of hydrogen-bond donors (Lipinski definition) is 0. The van der Waals surface area contributed by atoms with E-state index in [1.165, 1.54) is 5.57 Å². The molecule has 68 valence electrons. The molecule has 0 aromatic carbocycles. The Labute approximate surface area is 76.7 Å². The molecule has 0 heteroatoms. The monoisotopic (exact) mass is 164 g/mol. The zero-order valence-corrected chi connectivity index (χ0v) is 8.51. The minimum absolute atomic E-state index is 0.618. The van der Waals surface area contributed by atoms with Gasteiger partial charge in [0.25, 0.3) is 0 Å². The number of allylic oxidation sites excluding steroid dienone is 5. The number of rotatable bonds is 5. The molecule has 12 heavy (non-hydrogen) atoms. The van der Waals surface area contributed by atoms with E-state index in [-0.39, 0.29) is 0 Å². The average Bonchev–Trinajstić information content (AvgIpc) is 2.04. The lowest BCUT2D eigenvalue weighted by molar-refractivity contribution is 0.786. The SMILES string of the molecule is C=CCC=C(C=CCC)C(C)C. The lowest BCUT2D eigenvalue weighted by Gasteiger charge is -2.05. The third-order valence-corrected chi connectivity index (χ3v) is 1.73. The van der Waals surface area contributed by atoms with Crippen LogP contribution in [0.4, 0.5) is 0 Å². The van der Waals surface area contributed by atoms with Crippen LogP contribution >= 0.6 is 0 Å². The van der Waals surface area contributed by atoms with E-state index in [1.54, 1.807) is 0 Å². The zero-order valence-electron chi connectivity index (χ0n) is 8.51. The van der Waals surface area contributed by atoms with Crippen molar-refractivity contribution >= 4 is 0 Å².